The third kappa shape index (κ3) is 2.97. The van der Waals surface area contributed by atoms with Gasteiger partial charge < -0.3 is 10.0 Å². The summed E-state index contributed by atoms with van der Waals surface area (Å²) in [6.45, 7) is 3.14. The van der Waals surface area contributed by atoms with Crippen LogP contribution in [0.25, 0.3) is 0 Å². The van der Waals surface area contributed by atoms with E-state index in [4.69, 9.17) is 10.5 Å². The molecule has 1 aromatic rings. The first kappa shape index (κ1) is 14.0. The van der Waals surface area contributed by atoms with Crippen LogP contribution in [0.1, 0.15) is 24.2 Å². The van der Waals surface area contributed by atoms with Crippen molar-refractivity contribution in [1.82, 2.24) is 0 Å². The topological polar surface area (TPSA) is 71.0 Å². The number of anilines is 1. The van der Waals surface area contributed by atoms with Crippen LogP contribution in [-0.2, 0) is 0 Å². The maximum absolute atomic E-state index is 13.5. The van der Waals surface area contributed by atoms with Crippen LogP contribution < -0.4 is 4.90 Å². The van der Waals surface area contributed by atoms with Gasteiger partial charge in [-0.2, -0.15) is 10.5 Å². The van der Waals surface area contributed by atoms with Gasteiger partial charge in [0.2, 0.25) is 0 Å². The Morgan fingerprint density at radius 2 is 1.89 bits per heavy atom. The van der Waals surface area contributed by atoms with Crippen molar-refractivity contribution in [2.45, 2.75) is 20.0 Å². The Balaban J connectivity index is 3.32. The number of rotatable bonds is 4. The average Bonchev–Trinajstić information content (AvgIpc) is 2.31. The van der Waals surface area contributed by atoms with Crippen LogP contribution in [-0.4, -0.2) is 18.2 Å². The monoisotopic (exact) mass is 247 g/mol. The normalized spacial score (nSPS) is 11.4. The summed E-state index contributed by atoms with van der Waals surface area (Å²) >= 11 is 0. The summed E-state index contributed by atoms with van der Waals surface area (Å²) in [5.74, 6) is -0.413. The molecule has 1 atom stereocenters. The van der Waals surface area contributed by atoms with Crippen LogP contribution in [0.3, 0.4) is 0 Å². The zero-order valence-corrected chi connectivity index (χ0v) is 10.3. The van der Waals surface area contributed by atoms with Crippen molar-refractivity contribution in [1.29, 1.82) is 10.5 Å². The second-order valence-corrected chi connectivity index (χ2v) is 4.01. The molecule has 0 saturated carbocycles. The molecule has 0 aliphatic carbocycles. The summed E-state index contributed by atoms with van der Waals surface area (Å²) in [6.07, 6.45) is -0.866. The first-order valence-electron chi connectivity index (χ1n) is 5.48. The van der Waals surface area contributed by atoms with Crippen molar-refractivity contribution in [3.05, 3.63) is 29.1 Å². The first-order chi connectivity index (χ1) is 8.51. The largest absolute Gasteiger partial charge is 0.389 e. The predicted molar refractivity (Wildman–Crippen MR) is 65.2 cm³/mol. The van der Waals surface area contributed by atoms with E-state index in [-0.39, 0.29) is 13.1 Å². The second-order valence-electron chi connectivity index (χ2n) is 4.01. The van der Waals surface area contributed by atoms with Crippen molar-refractivity contribution in [3.63, 3.8) is 0 Å². The van der Waals surface area contributed by atoms with Crippen molar-refractivity contribution < 1.29 is 9.50 Å². The average molecular weight is 247 g/mol. The van der Waals surface area contributed by atoms with Gasteiger partial charge in [-0.05, 0) is 31.5 Å². The van der Waals surface area contributed by atoms with Crippen molar-refractivity contribution in [3.8, 4) is 12.1 Å². The molecule has 18 heavy (non-hydrogen) atoms. The minimum atomic E-state index is -0.866. The van der Waals surface area contributed by atoms with Gasteiger partial charge in [0.15, 0.2) is 0 Å². The van der Waals surface area contributed by atoms with E-state index in [0.717, 1.165) is 0 Å². The zero-order chi connectivity index (χ0) is 13.7. The van der Waals surface area contributed by atoms with Gasteiger partial charge in [-0.25, -0.2) is 4.39 Å². The predicted octanol–water partition coefficient (Wildman–Crippen LogP) is 2.04. The molecular weight excluding hydrogens is 233 g/mol. The van der Waals surface area contributed by atoms with E-state index in [9.17, 15) is 9.50 Å². The van der Waals surface area contributed by atoms with Gasteiger partial charge in [0.05, 0.1) is 18.2 Å². The van der Waals surface area contributed by atoms with Crippen LogP contribution >= 0.6 is 0 Å². The molecule has 0 radical (unpaired) electrons. The molecule has 4 nitrogen and oxygen atoms in total. The van der Waals surface area contributed by atoms with Crippen LogP contribution in [0.5, 0.6) is 0 Å². The summed E-state index contributed by atoms with van der Waals surface area (Å²) in [6, 6.07) is 6.70. The summed E-state index contributed by atoms with van der Waals surface area (Å²) in [5, 5.41) is 27.1. The Kier molecular flexibility index (Phi) is 4.65. The Bertz CT molecular complexity index is 498. The highest BCUT2D eigenvalue weighted by Crippen LogP contribution is 2.29. The number of hydrogen-bond donors (Lipinski definition) is 1. The Labute approximate surface area is 105 Å². The third-order valence-electron chi connectivity index (χ3n) is 2.62. The molecule has 0 aromatic heterocycles. The van der Waals surface area contributed by atoms with E-state index in [2.05, 4.69) is 0 Å². The standard InChI is InChI=1S/C13H14FN3O/c1-9-7-13(17(5-3-15)6-4-16)11(10(2)18)8-12(9)14/h7-8,10,18H,5-6H2,1-2H3/t10-/m1/s1. The summed E-state index contributed by atoms with van der Waals surface area (Å²) in [5.41, 5.74) is 1.31. The van der Waals surface area contributed by atoms with Gasteiger partial charge in [0, 0.05) is 11.3 Å². The molecular formula is C13H14FN3O. The summed E-state index contributed by atoms with van der Waals surface area (Å²) < 4.78 is 13.5. The molecule has 0 aliphatic heterocycles. The number of nitriles is 2. The number of aliphatic hydroxyl groups excluding tert-OH is 1. The maximum Gasteiger partial charge on any atom is 0.126 e. The van der Waals surface area contributed by atoms with Gasteiger partial charge >= 0.3 is 0 Å². The molecule has 1 N–H and O–H groups in total. The Hall–Kier alpha value is -2.11. The number of halogens is 1. The number of aliphatic hydroxyl groups is 1. The quantitative estimate of drug-likeness (QED) is 0.826. The SMILES string of the molecule is Cc1cc(N(CC#N)CC#N)c([C@@H](C)O)cc1F. The van der Waals surface area contributed by atoms with E-state index >= 15 is 0 Å². The lowest BCUT2D eigenvalue weighted by Gasteiger charge is -2.23. The molecule has 1 aromatic carbocycles. The third-order valence-corrected chi connectivity index (χ3v) is 2.62. The zero-order valence-electron chi connectivity index (χ0n) is 10.3. The molecule has 0 bridgehead atoms. The lowest BCUT2D eigenvalue weighted by Crippen LogP contribution is -2.25. The van der Waals surface area contributed by atoms with E-state index in [0.29, 0.717) is 16.8 Å². The molecule has 0 unspecified atom stereocenters. The molecule has 0 fully saturated rings. The van der Waals surface area contributed by atoms with Gasteiger partial charge in [-0.1, -0.05) is 0 Å². The summed E-state index contributed by atoms with van der Waals surface area (Å²) in [7, 11) is 0. The van der Waals surface area contributed by atoms with Crippen LogP contribution in [0.15, 0.2) is 12.1 Å². The van der Waals surface area contributed by atoms with Gasteiger partial charge in [0.25, 0.3) is 0 Å². The maximum atomic E-state index is 13.5. The first-order valence-corrected chi connectivity index (χ1v) is 5.48. The fourth-order valence-corrected chi connectivity index (χ4v) is 1.69. The van der Waals surface area contributed by atoms with Gasteiger partial charge in [-0.15, -0.1) is 0 Å². The lowest BCUT2D eigenvalue weighted by atomic mass is 10.0. The van der Waals surface area contributed by atoms with Crippen molar-refractivity contribution in [2.24, 2.45) is 0 Å². The number of nitrogens with zero attached hydrogens (tertiary/aromatic N) is 3. The van der Waals surface area contributed by atoms with Crippen molar-refractivity contribution in [2.75, 3.05) is 18.0 Å². The van der Waals surface area contributed by atoms with E-state index in [1.807, 2.05) is 12.1 Å². The minimum Gasteiger partial charge on any atom is -0.389 e. The summed E-state index contributed by atoms with van der Waals surface area (Å²) in [4.78, 5) is 1.51. The smallest absolute Gasteiger partial charge is 0.126 e. The minimum absolute atomic E-state index is 0.0123. The van der Waals surface area contributed by atoms with Crippen LogP contribution in [0.4, 0.5) is 10.1 Å². The molecule has 0 amide bonds. The number of hydrogen-bond acceptors (Lipinski definition) is 4. The molecule has 1 rings (SSSR count). The Morgan fingerprint density at radius 1 is 1.33 bits per heavy atom. The molecule has 0 saturated heterocycles. The fourth-order valence-electron chi connectivity index (χ4n) is 1.69. The highest BCUT2D eigenvalue weighted by molar-refractivity contribution is 5.58. The van der Waals surface area contributed by atoms with Gasteiger partial charge in [0.1, 0.15) is 18.9 Å². The van der Waals surface area contributed by atoms with Crippen LogP contribution in [0.2, 0.25) is 0 Å². The van der Waals surface area contributed by atoms with E-state index in [1.165, 1.54) is 17.9 Å². The highest BCUT2D eigenvalue weighted by atomic mass is 19.1. The van der Waals surface area contributed by atoms with E-state index < -0.39 is 11.9 Å². The highest BCUT2D eigenvalue weighted by Gasteiger charge is 2.16. The van der Waals surface area contributed by atoms with E-state index in [1.54, 1.807) is 13.0 Å². The lowest BCUT2D eigenvalue weighted by molar-refractivity contribution is 0.199. The Morgan fingerprint density at radius 3 is 2.33 bits per heavy atom. The molecule has 0 spiro atoms. The molecule has 94 valence electrons. The van der Waals surface area contributed by atoms with Crippen molar-refractivity contribution >= 4 is 5.69 Å². The second kappa shape index (κ2) is 6.00. The molecule has 0 aliphatic rings. The van der Waals surface area contributed by atoms with Crippen LogP contribution in [0, 0.1) is 35.4 Å². The number of aryl methyl sites for hydroxylation is 1. The number of benzene rings is 1. The van der Waals surface area contributed by atoms with Gasteiger partial charge in [-0.3, -0.25) is 0 Å². The molecule has 5 heteroatoms. The molecule has 0 heterocycles. The fraction of sp³-hybridized carbons (Fsp3) is 0.385.